The number of hydrogen-bond donors (Lipinski definition) is 1. The fourth-order valence-corrected chi connectivity index (χ4v) is 3.00. The molecule has 0 spiro atoms. The van der Waals surface area contributed by atoms with E-state index in [1.54, 1.807) is 21.7 Å². The summed E-state index contributed by atoms with van der Waals surface area (Å²) in [5.41, 5.74) is 2.51. The summed E-state index contributed by atoms with van der Waals surface area (Å²) in [5, 5.41) is 7.24. The Hall–Kier alpha value is -2.61. The van der Waals surface area contributed by atoms with Gasteiger partial charge in [0.05, 0.1) is 29.9 Å². The molecule has 2 amide bonds. The third-order valence-corrected chi connectivity index (χ3v) is 4.53. The molecule has 0 aromatic carbocycles. The quantitative estimate of drug-likeness (QED) is 0.895. The summed E-state index contributed by atoms with van der Waals surface area (Å²) in [4.78, 5) is 28.3. The third-order valence-electron chi connectivity index (χ3n) is 4.53. The minimum absolute atomic E-state index is 0.0648. The van der Waals surface area contributed by atoms with Gasteiger partial charge in [0.25, 0.3) is 5.91 Å². The van der Waals surface area contributed by atoms with Crippen molar-refractivity contribution in [3.05, 3.63) is 35.5 Å². The lowest BCUT2D eigenvalue weighted by molar-refractivity contribution is -0.117. The zero-order valence-electron chi connectivity index (χ0n) is 14.8. The number of aromatic nitrogens is 2. The number of nitrogens with one attached hydrogen (secondary N) is 1. The monoisotopic (exact) mass is 345 g/mol. The molecule has 0 aliphatic carbocycles. The van der Waals surface area contributed by atoms with Crippen molar-refractivity contribution in [2.24, 2.45) is 7.05 Å². The van der Waals surface area contributed by atoms with Gasteiger partial charge in [0.15, 0.2) is 5.76 Å². The molecule has 2 aromatic rings. The van der Waals surface area contributed by atoms with Crippen LogP contribution in [-0.2, 0) is 11.8 Å². The summed E-state index contributed by atoms with van der Waals surface area (Å²) >= 11 is 0. The van der Waals surface area contributed by atoms with Crippen LogP contribution in [0.5, 0.6) is 0 Å². The molecule has 0 atom stereocenters. The minimum atomic E-state index is -0.101. The maximum atomic E-state index is 12.3. The van der Waals surface area contributed by atoms with Crippen LogP contribution in [0.25, 0.3) is 0 Å². The Kier molecular flexibility index (Phi) is 4.89. The highest BCUT2D eigenvalue weighted by molar-refractivity contribution is 5.93. The number of hydrogen-bond acceptors (Lipinski definition) is 5. The fourth-order valence-electron chi connectivity index (χ4n) is 3.00. The first-order valence-electron chi connectivity index (χ1n) is 8.31. The molecule has 2 aromatic heterocycles. The van der Waals surface area contributed by atoms with Crippen LogP contribution in [0, 0.1) is 13.8 Å². The Bertz CT molecular complexity index is 758. The van der Waals surface area contributed by atoms with E-state index in [4.69, 9.17) is 4.42 Å². The molecule has 1 aliphatic rings. The molecule has 8 heteroatoms. The Morgan fingerprint density at radius 2 is 1.96 bits per heavy atom. The van der Waals surface area contributed by atoms with Crippen LogP contribution in [-0.4, -0.2) is 64.1 Å². The number of furan rings is 1. The van der Waals surface area contributed by atoms with E-state index in [1.165, 1.54) is 6.26 Å². The summed E-state index contributed by atoms with van der Waals surface area (Å²) in [6, 6.07) is 3.37. The van der Waals surface area contributed by atoms with Gasteiger partial charge in [0, 0.05) is 33.2 Å². The molecule has 1 aliphatic heterocycles. The molecule has 1 N–H and O–H groups in total. The van der Waals surface area contributed by atoms with Crippen molar-refractivity contribution < 1.29 is 14.0 Å². The van der Waals surface area contributed by atoms with Gasteiger partial charge in [-0.1, -0.05) is 0 Å². The summed E-state index contributed by atoms with van der Waals surface area (Å²) in [7, 11) is 1.85. The van der Waals surface area contributed by atoms with Crippen molar-refractivity contribution in [3.8, 4) is 0 Å². The van der Waals surface area contributed by atoms with Crippen molar-refractivity contribution in [2.45, 2.75) is 13.8 Å². The lowest BCUT2D eigenvalue weighted by Gasteiger charge is -2.33. The van der Waals surface area contributed by atoms with Crippen molar-refractivity contribution >= 4 is 17.5 Å². The van der Waals surface area contributed by atoms with Crippen LogP contribution in [0.3, 0.4) is 0 Å². The summed E-state index contributed by atoms with van der Waals surface area (Å²) in [5.74, 6) is 0.189. The molecule has 0 bridgehead atoms. The van der Waals surface area contributed by atoms with Gasteiger partial charge in [-0.3, -0.25) is 19.2 Å². The highest BCUT2D eigenvalue weighted by atomic mass is 16.3. The smallest absolute Gasteiger partial charge is 0.289 e. The maximum Gasteiger partial charge on any atom is 0.289 e. The Morgan fingerprint density at radius 1 is 1.24 bits per heavy atom. The zero-order chi connectivity index (χ0) is 18.0. The SMILES string of the molecule is Cc1nn(C)c(C)c1NC(=O)CN1CCN(C(=O)c2ccco2)CC1. The van der Waals surface area contributed by atoms with Gasteiger partial charge in [0.2, 0.25) is 5.91 Å². The molecule has 8 nitrogen and oxygen atoms in total. The van der Waals surface area contributed by atoms with Gasteiger partial charge in [-0.15, -0.1) is 0 Å². The molecular weight excluding hydrogens is 322 g/mol. The van der Waals surface area contributed by atoms with Crippen molar-refractivity contribution in [1.82, 2.24) is 19.6 Å². The number of anilines is 1. The van der Waals surface area contributed by atoms with Gasteiger partial charge < -0.3 is 14.6 Å². The Balaban J connectivity index is 1.50. The maximum absolute atomic E-state index is 12.3. The van der Waals surface area contributed by atoms with Gasteiger partial charge in [0.1, 0.15) is 0 Å². The molecular formula is C17H23N5O3. The molecule has 134 valence electrons. The van der Waals surface area contributed by atoms with Gasteiger partial charge in [-0.2, -0.15) is 5.10 Å². The predicted molar refractivity (Wildman–Crippen MR) is 92.4 cm³/mol. The topological polar surface area (TPSA) is 83.6 Å². The van der Waals surface area contributed by atoms with Crippen LogP contribution in [0.1, 0.15) is 21.9 Å². The molecule has 3 heterocycles. The third kappa shape index (κ3) is 3.74. The average molecular weight is 345 g/mol. The molecule has 1 saturated heterocycles. The molecule has 0 saturated carbocycles. The molecule has 0 radical (unpaired) electrons. The Morgan fingerprint density at radius 3 is 2.52 bits per heavy atom. The van der Waals surface area contributed by atoms with Gasteiger partial charge in [-0.25, -0.2) is 0 Å². The van der Waals surface area contributed by atoms with Crippen molar-refractivity contribution in [3.63, 3.8) is 0 Å². The minimum Gasteiger partial charge on any atom is -0.459 e. The number of nitrogens with zero attached hydrogens (tertiary/aromatic N) is 4. The van der Waals surface area contributed by atoms with E-state index in [0.717, 1.165) is 17.1 Å². The van der Waals surface area contributed by atoms with E-state index in [9.17, 15) is 9.59 Å². The van der Waals surface area contributed by atoms with E-state index in [2.05, 4.69) is 10.4 Å². The molecule has 1 fully saturated rings. The zero-order valence-corrected chi connectivity index (χ0v) is 14.8. The first-order valence-corrected chi connectivity index (χ1v) is 8.31. The largest absolute Gasteiger partial charge is 0.459 e. The van der Waals surface area contributed by atoms with Crippen LogP contribution in [0.15, 0.2) is 22.8 Å². The molecule has 3 rings (SSSR count). The summed E-state index contributed by atoms with van der Waals surface area (Å²) in [6.07, 6.45) is 1.50. The Labute approximate surface area is 146 Å². The van der Waals surface area contributed by atoms with Crippen molar-refractivity contribution in [2.75, 3.05) is 38.0 Å². The summed E-state index contributed by atoms with van der Waals surface area (Å²) in [6.45, 7) is 6.58. The fraction of sp³-hybridized carbons (Fsp3) is 0.471. The number of aryl methyl sites for hydroxylation is 2. The number of carbonyl (C=O) groups is 2. The average Bonchev–Trinajstić information content (AvgIpc) is 3.20. The second kappa shape index (κ2) is 7.10. The molecule has 0 unspecified atom stereocenters. The van der Waals surface area contributed by atoms with E-state index in [-0.39, 0.29) is 11.8 Å². The molecule has 25 heavy (non-hydrogen) atoms. The second-order valence-electron chi connectivity index (χ2n) is 6.26. The number of amides is 2. The normalized spacial score (nSPS) is 15.4. The second-order valence-corrected chi connectivity index (χ2v) is 6.26. The summed E-state index contributed by atoms with van der Waals surface area (Å²) < 4.78 is 6.91. The highest BCUT2D eigenvalue weighted by Crippen LogP contribution is 2.18. The lowest BCUT2D eigenvalue weighted by atomic mass is 10.2. The first kappa shape index (κ1) is 17.2. The standard InChI is InChI=1S/C17H23N5O3/c1-12-16(13(2)20(3)19-12)18-15(23)11-21-6-8-22(9-7-21)17(24)14-5-4-10-25-14/h4-5,10H,6-9,11H2,1-3H3,(H,18,23). The van der Waals surface area contributed by atoms with E-state index in [0.29, 0.717) is 38.5 Å². The van der Waals surface area contributed by atoms with Gasteiger partial charge >= 0.3 is 0 Å². The van der Waals surface area contributed by atoms with E-state index < -0.39 is 0 Å². The van der Waals surface area contributed by atoms with Crippen LogP contribution in [0.2, 0.25) is 0 Å². The van der Waals surface area contributed by atoms with Crippen molar-refractivity contribution in [1.29, 1.82) is 0 Å². The number of piperazine rings is 1. The number of carbonyl (C=O) groups excluding carboxylic acids is 2. The predicted octanol–water partition coefficient (Wildman–Crippen LogP) is 1.03. The first-order chi connectivity index (χ1) is 12.0. The van der Waals surface area contributed by atoms with Crippen LogP contribution >= 0.6 is 0 Å². The highest BCUT2D eigenvalue weighted by Gasteiger charge is 2.25. The number of rotatable bonds is 4. The van der Waals surface area contributed by atoms with Gasteiger partial charge in [-0.05, 0) is 26.0 Å². The van der Waals surface area contributed by atoms with E-state index >= 15 is 0 Å². The van der Waals surface area contributed by atoms with Crippen LogP contribution < -0.4 is 5.32 Å². The lowest BCUT2D eigenvalue weighted by Crippen LogP contribution is -2.50. The van der Waals surface area contributed by atoms with Crippen LogP contribution in [0.4, 0.5) is 5.69 Å². The van der Waals surface area contributed by atoms with E-state index in [1.807, 2.05) is 25.8 Å².